The molecular weight excluding hydrogens is 266 g/mol. The molecule has 0 radical (unpaired) electrons. The van der Waals surface area contributed by atoms with Gasteiger partial charge in [-0.1, -0.05) is 0 Å². The Morgan fingerprint density at radius 3 is 2.75 bits per heavy atom. The van der Waals surface area contributed by atoms with E-state index in [1.165, 1.54) is 26.5 Å². The second kappa shape index (κ2) is 7.31. The van der Waals surface area contributed by atoms with Gasteiger partial charge in [-0.15, -0.1) is 0 Å². The summed E-state index contributed by atoms with van der Waals surface area (Å²) in [7, 11) is 2.80. The van der Waals surface area contributed by atoms with E-state index in [4.69, 9.17) is 20.3 Å². The number of rotatable bonds is 6. The molecule has 5 N–H and O–H groups in total. The van der Waals surface area contributed by atoms with E-state index in [1.54, 1.807) is 6.07 Å². The molecule has 1 rings (SSSR count). The highest BCUT2D eigenvalue weighted by atomic mass is 16.5. The fraction of sp³-hybridized carbons (Fsp3) is 0.333. The van der Waals surface area contributed by atoms with E-state index >= 15 is 0 Å². The summed E-state index contributed by atoms with van der Waals surface area (Å²) in [5.74, 6) is -0.378. The van der Waals surface area contributed by atoms with Crippen molar-refractivity contribution in [1.29, 1.82) is 0 Å². The molecule has 8 heteroatoms. The van der Waals surface area contributed by atoms with Gasteiger partial charge in [0, 0.05) is 5.56 Å². The molecule has 110 valence electrons. The number of aliphatic hydroxyl groups excluding tert-OH is 1. The first kappa shape index (κ1) is 15.7. The second-order valence-corrected chi connectivity index (χ2v) is 3.76. The number of aliphatic hydroxyl groups is 1. The van der Waals surface area contributed by atoms with E-state index in [0.29, 0.717) is 5.56 Å². The summed E-state index contributed by atoms with van der Waals surface area (Å²) >= 11 is 0. The minimum atomic E-state index is -1.04. The number of hydrogen-bond donors (Lipinski definition) is 4. The maximum atomic E-state index is 11.3. The molecule has 1 aromatic rings. The molecule has 20 heavy (non-hydrogen) atoms. The quantitative estimate of drug-likeness (QED) is 0.399. The highest BCUT2D eigenvalue weighted by Gasteiger charge is 2.13. The first-order chi connectivity index (χ1) is 9.54. The van der Waals surface area contributed by atoms with E-state index in [-0.39, 0.29) is 17.2 Å². The van der Waals surface area contributed by atoms with Crippen LogP contribution in [0.3, 0.4) is 0 Å². The molecule has 0 unspecified atom stereocenters. The molecule has 0 saturated carbocycles. The molecular formula is C12H17N3O5. The number of aromatic hydroxyl groups is 1. The molecule has 0 aromatic heterocycles. The normalized spacial score (nSPS) is 12.2. The van der Waals surface area contributed by atoms with Crippen molar-refractivity contribution < 1.29 is 24.5 Å². The first-order valence-electron chi connectivity index (χ1n) is 5.68. The van der Waals surface area contributed by atoms with E-state index in [1.807, 2.05) is 0 Å². The summed E-state index contributed by atoms with van der Waals surface area (Å²) in [4.78, 5) is 11.3. The number of carbonyl (C=O) groups is 1. The summed E-state index contributed by atoms with van der Waals surface area (Å²) in [6.07, 6.45) is 1.28. The van der Waals surface area contributed by atoms with Gasteiger partial charge in [0.05, 0.1) is 27.0 Å². The summed E-state index contributed by atoms with van der Waals surface area (Å²) in [6, 6.07) is 2.08. The lowest BCUT2D eigenvalue weighted by atomic mass is 10.2. The maximum absolute atomic E-state index is 11.3. The predicted octanol–water partition coefficient (Wildman–Crippen LogP) is -0.821. The zero-order chi connectivity index (χ0) is 15.1. The molecule has 8 nitrogen and oxygen atoms in total. The third-order valence-corrected chi connectivity index (χ3v) is 2.46. The number of hydrogen-bond acceptors (Lipinski definition) is 7. The Kier molecular flexibility index (Phi) is 5.75. The van der Waals surface area contributed by atoms with Crippen LogP contribution in [0.25, 0.3) is 0 Å². The van der Waals surface area contributed by atoms with Crippen molar-refractivity contribution >= 4 is 12.1 Å². The van der Waals surface area contributed by atoms with Crippen LogP contribution in [-0.4, -0.2) is 49.2 Å². The molecule has 1 aromatic carbocycles. The second-order valence-electron chi connectivity index (χ2n) is 3.76. The molecule has 0 bridgehead atoms. The number of nitrogens with two attached hydrogens (primary N) is 1. The lowest BCUT2D eigenvalue weighted by molar-refractivity contribution is -0.123. The minimum Gasteiger partial charge on any atom is -0.502 e. The van der Waals surface area contributed by atoms with Crippen LogP contribution in [0.15, 0.2) is 17.2 Å². The van der Waals surface area contributed by atoms with Crippen LogP contribution in [0.4, 0.5) is 0 Å². The van der Waals surface area contributed by atoms with E-state index in [0.717, 1.165) is 0 Å². The Morgan fingerprint density at radius 1 is 1.50 bits per heavy atom. The zero-order valence-corrected chi connectivity index (χ0v) is 11.2. The zero-order valence-electron chi connectivity index (χ0n) is 11.2. The maximum Gasteiger partial charge on any atom is 0.259 e. The Hall–Kier alpha value is -2.32. The Morgan fingerprint density at radius 2 is 2.20 bits per heavy atom. The van der Waals surface area contributed by atoms with Crippen molar-refractivity contribution in [3.8, 4) is 17.2 Å². The van der Waals surface area contributed by atoms with Crippen molar-refractivity contribution in [3.63, 3.8) is 0 Å². The average molecular weight is 283 g/mol. The largest absolute Gasteiger partial charge is 0.502 e. The summed E-state index contributed by atoms with van der Waals surface area (Å²) < 4.78 is 9.99. The van der Waals surface area contributed by atoms with Crippen LogP contribution < -0.4 is 20.6 Å². The van der Waals surface area contributed by atoms with E-state index in [9.17, 15) is 9.90 Å². The van der Waals surface area contributed by atoms with Crippen LogP contribution in [-0.2, 0) is 4.79 Å². The molecule has 0 saturated heterocycles. The summed E-state index contributed by atoms with van der Waals surface area (Å²) in [6.45, 7) is -0.478. The lowest BCUT2D eigenvalue weighted by Gasteiger charge is -2.10. The number of phenolic OH excluding ortho intramolecular Hbond substituents is 1. The third kappa shape index (κ3) is 3.59. The smallest absolute Gasteiger partial charge is 0.259 e. The number of hydrazone groups is 1. The number of carbonyl (C=O) groups excluding carboxylic acids is 1. The molecule has 0 aliphatic carbocycles. The first-order valence-corrected chi connectivity index (χ1v) is 5.68. The van der Waals surface area contributed by atoms with Gasteiger partial charge in [-0.2, -0.15) is 5.10 Å². The topological polar surface area (TPSA) is 126 Å². The number of ether oxygens (including phenoxy) is 2. The van der Waals surface area contributed by atoms with Crippen molar-refractivity contribution in [3.05, 3.63) is 17.7 Å². The SMILES string of the molecule is COc1ccc(C=NNC(=O)[C@@H](N)CO)c(OC)c1O. The van der Waals surface area contributed by atoms with Crippen LogP contribution in [0.5, 0.6) is 17.2 Å². The average Bonchev–Trinajstić information content (AvgIpc) is 2.46. The Bertz CT molecular complexity index is 504. The molecule has 0 fully saturated rings. The number of nitrogens with zero attached hydrogens (tertiary/aromatic N) is 1. The molecule has 1 atom stereocenters. The van der Waals surface area contributed by atoms with Gasteiger partial charge < -0.3 is 25.4 Å². The summed E-state index contributed by atoms with van der Waals surface area (Å²) in [5.41, 5.74) is 7.89. The van der Waals surface area contributed by atoms with Gasteiger partial charge in [0.25, 0.3) is 5.91 Å². The van der Waals surface area contributed by atoms with Crippen molar-refractivity contribution in [2.45, 2.75) is 6.04 Å². The highest BCUT2D eigenvalue weighted by molar-refractivity contribution is 5.88. The van der Waals surface area contributed by atoms with Crippen molar-refractivity contribution in [1.82, 2.24) is 5.43 Å². The number of methoxy groups -OCH3 is 2. The molecule has 1 amide bonds. The molecule has 0 heterocycles. The van der Waals surface area contributed by atoms with Gasteiger partial charge in [0.1, 0.15) is 6.04 Å². The van der Waals surface area contributed by atoms with Crippen molar-refractivity contribution in [2.75, 3.05) is 20.8 Å². The van der Waals surface area contributed by atoms with Gasteiger partial charge in [0.15, 0.2) is 11.5 Å². The van der Waals surface area contributed by atoms with Gasteiger partial charge in [-0.05, 0) is 12.1 Å². The van der Waals surface area contributed by atoms with Crippen LogP contribution in [0.1, 0.15) is 5.56 Å². The number of amides is 1. The van der Waals surface area contributed by atoms with Gasteiger partial charge >= 0.3 is 0 Å². The predicted molar refractivity (Wildman–Crippen MR) is 72.0 cm³/mol. The Labute approximate surface area is 115 Å². The molecule has 0 aliphatic heterocycles. The third-order valence-electron chi connectivity index (χ3n) is 2.46. The van der Waals surface area contributed by atoms with Gasteiger partial charge in [0.2, 0.25) is 5.75 Å². The molecule has 0 aliphatic rings. The highest BCUT2D eigenvalue weighted by Crippen LogP contribution is 2.37. The molecule has 0 spiro atoms. The fourth-order valence-electron chi connectivity index (χ4n) is 1.38. The minimum absolute atomic E-state index is 0.161. The Balaban J connectivity index is 2.87. The van der Waals surface area contributed by atoms with Crippen LogP contribution in [0.2, 0.25) is 0 Å². The number of benzene rings is 1. The van der Waals surface area contributed by atoms with Gasteiger partial charge in [-0.3, -0.25) is 4.79 Å². The van der Waals surface area contributed by atoms with E-state index < -0.39 is 18.6 Å². The summed E-state index contributed by atoms with van der Waals surface area (Å²) in [5, 5.41) is 22.2. The monoisotopic (exact) mass is 283 g/mol. The van der Waals surface area contributed by atoms with Crippen molar-refractivity contribution in [2.24, 2.45) is 10.8 Å². The van der Waals surface area contributed by atoms with Crippen LogP contribution >= 0.6 is 0 Å². The standard InChI is InChI=1S/C12H17N3O5/c1-19-9-4-3-7(11(20-2)10(9)17)5-14-15-12(18)8(13)6-16/h3-5,8,16-17H,6,13H2,1-2H3,(H,15,18)/t8-/m0/s1. The number of phenols is 1. The van der Waals surface area contributed by atoms with E-state index in [2.05, 4.69) is 10.5 Å². The fourth-order valence-corrected chi connectivity index (χ4v) is 1.38. The number of nitrogens with one attached hydrogen (secondary N) is 1. The lowest BCUT2D eigenvalue weighted by Crippen LogP contribution is -2.40. The van der Waals surface area contributed by atoms with Crippen LogP contribution in [0, 0.1) is 0 Å². The van der Waals surface area contributed by atoms with Gasteiger partial charge in [-0.25, -0.2) is 5.43 Å².